The number of hydrogen-bond acceptors (Lipinski definition) is 6. The molecule has 1 aromatic carbocycles. The molecule has 1 atom stereocenters. The Morgan fingerprint density at radius 3 is 2.85 bits per heavy atom. The lowest BCUT2D eigenvalue weighted by atomic mass is 10.0. The number of benzene rings is 1. The van der Waals surface area contributed by atoms with Crippen LogP contribution in [0, 0.1) is 0 Å². The summed E-state index contributed by atoms with van der Waals surface area (Å²) < 4.78 is 5.22. The van der Waals surface area contributed by atoms with E-state index in [9.17, 15) is 0 Å². The second-order valence-corrected chi connectivity index (χ2v) is 5.16. The highest BCUT2D eigenvalue weighted by Gasteiger charge is 2.12. The molecule has 0 fully saturated rings. The molecule has 2 aromatic heterocycles. The molecule has 0 radical (unpaired) electrons. The largest absolute Gasteiger partial charge is 0.339 e. The predicted molar refractivity (Wildman–Crippen MR) is 77.1 cm³/mol. The molecule has 3 rings (SSSR count). The molecule has 20 heavy (non-hydrogen) atoms. The number of aromatic nitrogens is 3. The molecule has 0 spiro atoms. The van der Waals surface area contributed by atoms with E-state index in [0.29, 0.717) is 18.1 Å². The molecular weight excluding hydrogens is 272 g/mol. The van der Waals surface area contributed by atoms with Gasteiger partial charge in [0.2, 0.25) is 11.7 Å². The van der Waals surface area contributed by atoms with E-state index < -0.39 is 0 Å². The maximum atomic E-state index is 6.14. The zero-order chi connectivity index (χ0) is 13.8. The Morgan fingerprint density at radius 2 is 2.10 bits per heavy atom. The fourth-order valence-electron chi connectivity index (χ4n) is 1.93. The van der Waals surface area contributed by atoms with Crippen LogP contribution in [-0.4, -0.2) is 15.1 Å². The van der Waals surface area contributed by atoms with Gasteiger partial charge >= 0.3 is 0 Å². The maximum Gasteiger partial charge on any atom is 0.227 e. The molecule has 102 valence electrons. The summed E-state index contributed by atoms with van der Waals surface area (Å²) >= 11 is 1.51. The van der Waals surface area contributed by atoms with Crippen molar-refractivity contribution in [3.63, 3.8) is 0 Å². The molecule has 0 bridgehead atoms. The molecule has 0 saturated carbocycles. The van der Waals surface area contributed by atoms with E-state index in [4.69, 9.17) is 10.3 Å². The Kier molecular flexibility index (Phi) is 3.85. The zero-order valence-corrected chi connectivity index (χ0v) is 11.6. The quantitative estimate of drug-likeness (QED) is 0.780. The second kappa shape index (κ2) is 5.94. The fraction of sp³-hybridized carbons (Fsp3) is 0.214. The SMILES string of the molecule is NC(CCc1nc(-c2cscn2)no1)c1ccccc1. The first-order valence-electron chi connectivity index (χ1n) is 6.34. The molecule has 0 amide bonds. The zero-order valence-electron chi connectivity index (χ0n) is 10.8. The van der Waals surface area contributed by atoms with E-state index in [1.54, 1.807) is 5.51 Å². The van der Waals surface area contributed by atoms with Crippen molar-refractivity contribution < 1.29 is 4.52 Å². The number of nitrogens with zero attached hydrogens (tertiary/aromatic N) is 3. The average molecular weight is 286 g/mol. The van der Waals surface area contributed by atoms with Crippen LogP contribution in [0.3, 0.4) is 0 Å². The van der Waals surface area contributed by atoms with E-state index >= 15 is 0 Å². The molecule has 6 heteroatoms. The van der Waals surface area contributed by atoms with Gasteiger partial charge in [-0.1, -0.05) is 35.5 Å². The van der Waals surface area contributed by atoms with Gasteiger partial charge in [0.05, 0.1) is 5.51 Å². The molecule has 3 aromatic rings. The molecular formula is C14H14N4OS. The first-order chi connectivity index (χ1) is 9.83. The van der Waals surface area contributed by atoms with Crippen LogP contribution in [-0.2, 0) is 6.42 Å². The van der Waals surface area contributed by atoms with Crippen molar-refractivity contribution in [3.8, 4) is 11.5 Å². The van der Waals surface area contributed by atoms with Crippen LogP contribution in [0.25, 0.3) is 11.5 Å². The third-order valence-corrected chi connectivity index (χ3v) is 3.61. The minimum Gasteiger partial charge on any atom is -0.339 e. The van der Waals surface area contributed by atoms with Crippen LogP contribution in [0.15, 0.2) is 45.7 Å². The van der Waals surface area contributed by atoms with E-state index in [1.165, 1.54) is 11.3 Å². The summed E-state index contributed by atoms with van der Waals surface area (Å²) in [5, 5.41) is 5.82. The van der Waals surface area contributed by atoms with Crippen molar-refractivity contribution in [2.45, 2.75) is 18.9 Å². The molecule has 2 heterocycles. The monoisotopic (exact) mass is 286 g/mol. The first-order valence-corrected chi connectivity index (χ1v) is 7.29. The molecule has 2 N–H and O–H groups in total. The summed E-state index contributed by atoms with van der Waals surface area (Å²) in [5.41, 5.74) is 9.76. The van der Waals surface area contributed by atoms with Crippen molar-refractivity contribution in [3.05, 3.63) is 52.7 Å². The molecule has 0 aliphatic heterocycles. The van der Waals surface area contributed by atoms with Crippen molar-refractivity contribution in [2.75, 3.05) is 0 Å². The lowest BCUT2D eigenvalue weighted by molar-refractivity contribution is 0.372. The summed E-state index contributed by atoms with van der Waals surface area (Å²) in [6.45, 7) is 0. The van der Waals surface area contributed by atoms with Crippen LogP contribution >= 0.6 is 11.3 Å². The van der Waals surface area contributed by atoms with Gasteiger partial charge in [0.25, 0.3) is 0 Å². The van der Waals surface area contributed by atoms with Gasteiger partial charge in [0.1, 0.15) is 5.69 Å². The highest BCUT2D eigenvalue weighted by molar-refractivity contribution is 7.07. The predicted octanol–water partition coefficient (Wildman–Crippen LogP) is 2.83. The summed E-state index contributed by atoms with van der Waals surface area (Å²) in [7, 11) is 0. The van der Waals surface area contributed by atoms with Gasteiger partial charge in [0, 0.05) is 17.8 Å². The second-order valence-electron chi connectivity index (χ2n) is 4.44. The van der Waals surface area contributed by atoms with Crippen LogP contribution in [0.2, 0.25) is 0 Å². The molecule has 0 saturated heterocycles. The van der Waals surface area contributed by atoms with Gasteiger partial charge < -0.3 is 10.3 Å². The van der Waals surface area contributed by atoms with Crippen molar-refractivity contribution in [1.82, 2.24) is 15.1 Å². The van der Waals surface area contributed by atoms with Gasteiger partial charge in [-0.25, -0.2) is 4.98 Å². The van der Waals surface area contributed by atoms with Gasteiger partial charge in [-0.2, -0.15) is 4.98 Å². The van der Waals surface area contributed by atoms with Crippen LogP contribution in [0.5, 0.6) is 0 Å². The van der Waals surface area contributed by atoms with Gasteiger partial charge in [-0.3, -0.25) is 0 Å². The highest BCUT2D eigenvalue weighted by Crippen LogP contribution is 2.18. The van der Waals surface area contributed by atoms with Crippen molar-refractivity contribution in [1.29, 1.82) is 0 Å². The van der Waals surface area contributed by atoms with Gasteiger partial charge in [-0.05, 0) is 12.0 Å². The van der Waals surface area contributed by atoms with E-state index in [2.05, 4.69) is 15.1 Å². The highest BCUT2D eigenvalue weighted by atomic mass is 32.1. The Morgan fingerprint density at radius 1 is 1.25 bits per heavy atom. The third-order valence-electron chi connectivity index (χ3n) is 3.03. The maximum absolute atomic E-state index is 6.14. The van der Waals surface area contributed by atoms with E-state index in [0.717, 1.165) is 17.7 Å². The van der Waals surface area contributed by atoms with Gasteiger partial charge in [-0.15, -0.1) is 11.3 Å². The van der Waals surface area contributed by atoms with Crippen LogP contribution in [0.4, 0.5) is 0 Å². The number of nitrogens with two attached hydrogens (primary N) is 1. The van der Waals surface area contributed by atoms with E-state index in [1.807, 2.05) is 35.7 Å². The number of aryl methyl sites for hydroxylation is 1. The van der Waals surface area contributed by atoms with Crippen LogP contribution in [0.1, 0.15) is 23.9 Å². The lowest BCUT2D eigenvalue weighted by Gasteiger charge is -2.09. The minimum atomic E-state index is -0.0224. The summed E-state index contributed by atoms with van der Waals surface area (Å²) in [5.74, 6) is 1.13. The Labute approximate surface area is 120 Å². The smallest absolute Gasteiger partial charge is 0.227 e. The molecule has 0 aliphatic carbocycles. The van der Waals surface area contributed by atoms with Gasteiger partial charge in [0.15, 0.2) is 0 Å². The average Bonchev–Trinajstić information content (AvgIpc) is 3.16. The van der Waals surface area contributed by atoms with Crippen molar-refractivity contribution >= 4 is 11.3 Å². The minimum absolute atomic E-state index is 0.0224. The van der Waals surface area contributed by atoms with Crippen LogP contribution < -0.4 is 5.73 Å². The molecule has 5 nitrogen and oxygen atoms in total. The number of rotatable bonds is 5. The summed E-state index contributed by atoms with van der Waals surface area (Å²) in [6, 6.07) is 9.99. The lowest BCUT2D eigenvalue weighted by Crippen LogP contribution is -2.11. The molecule has 0 aliphatic rings. The summed E-state index contributed by atoms with van der Waals surface area (Å²) in [4.78, 5) is 8.48. The standard InChI is InChI=1S/C14H14N4OS/c15-11(10-4-2-1-3-5-10)6-7-13-17-14(18-19-13)12-8-20-9-16-12/h1-5,8-9,11H,6-7,15H2. The molecule has 1 unspecified atom stereocenters. The Bertz CT molecular complexity index is 651. The summed E-state index contributed by atoms with van der Waals surface area (Å²) in [6.07, 6.45) is 1.43. The fourth-order valence-corrected chi connectivity index (χ4v) is 2.46. The number of hydrogen-bond donors (Lipinski definition) is 1. The first kappa shape index (κ1) is 13.0. The topological polar surface area (TPSA) is 77.8 Å². The third kappa shape index (κ3) is 2.92. The number of thiazole rings is 1. The normalized spacial score (nSPS) is 12.4. The Hall–Kier alpha value is -2.05. The van der Waals surface area contributed by atoms with Crippen molar-refractivity contribution in [2.24, 2.45) is 5.73 Å². The Balaban J connectivity index is 1.62. The van der Waals surface area contributed by atoms with E-state index in [-0.39, 0.29) is 6.04 Å².